The van der Waals surface area contributed by atoms with Crippen LogP contribution in [0.3, 0.4) is 0 Å². The van der Waals surface area contributed by atoms with E-state index in [1.165, 1.54) is 24.3 Å². The second kappa shape index (κ2) is 9.28. The molecular formula is C27H25FN2O3. The minimum absolute atomic E-state index is 0.153. The molecule has 3 aromatic carbocycles. The maximum atomic E-state index is 13.6. The predicted octanol–water partition coefficient (Wildman–Crippen LogP) is 5.63. The summed E-state index contributed by atoms with van der Waals surface area (Å²) in [4.78, 5) is 28.2. The van der Waals surface area contributed by atoms with Crippen molar-refractivity contribution in [1.82, 2.24) is 0 Å². The number of nitrogens with one attached hydrogen (secondary N) is 1. The van der Waals surface area contributed by atoms with Crippen LogP contribution in [0.2, 0.25) is 0 Å². The summed E-state index contributed by atoms with van der Waals surface area (Å²) in [6.07, 6.45) is 0.839. The van der Waals surface area contributed by atoms with Gasteiger partial charge in [0.05, 0.1) is 17.9 Å². The van der Waals surface area contributed by atoms with Crippen LogP contribution in [-0.4, -0.2) is 18.4 Å². The molecule has 0 spiro atoms. The number of rotatable bonds is 7. The molecule has 33 heavy (non-hydrogen) atoms. The van der Waals surface area contributed by atoms with Gasteiger partial charge in [-0.3, -0.25) is 9.59 Å². The van der Waals surface area contributed by atoms with Gasteiger partial charge < -0.3 is 10.1 Å². The molecule has 1 aliphatic heterocycles. The molecular weight excluding hydrogens is 419 g/mol. The Hall–Kier alpha value is -3.93. The van der Waals surface area contributed by atoms with Gasteiger partial charge in [0, 0.05) is 11.8 Å². The zero-order valence-electron chi connectivity index (χ0n) is 18.8. The van der Waals surface area contributed by atoms with Gasteiger partial charge in [0.2, 0.25) is 0 Å². The number of hydrogen-bond acceptors (Lipinski definition) is 4. The highest BCUT2D eigenvalue weighted by molar-refractivity contribution is 6.46. The Bertz CT molecular complexity index is 1250. The third kappa shape index (κ3) is 4.37. The molecule has 0 aliphatic carbocycles. The first kappa shape index (κ1) is 22.3. The van der Waals surface area contributed by atoms with Crippen LogP contribution in [0.15, 0.2) is 72.4 Å². The lowest BCUT2D eigenvalue weighted by molar-refractivity contribution is -0.120. The van der Waals surface area contributed by atoms with Crippen LogP contribution in [0.1, 0.15) is 30.0 Å². The van der Waals surface area contributed by atoms with Crippen LogP contribution in [0.5, 0.6) is 5.75 Å². The number of aryl methyl sites for hydroxylation is 1. The Labute approximate surface area is 192 Å². The highest BCUT2D eigenvalue weighted by atomic mass is 19.1. The van der Waals surface area contributed by atoms with Crippen LogP contribution >= 0.6 is 0 Å². The molecule has 168 valence electrons. The summed E-state index contributed by atoms with van der Waals surface area (Å²) in [7, 11) is 0. The Morgan fingerprint density at radius 1 is 0.939 bits per heavy atom. The van der Waals surface area contributed by atoms with Crippen molar-refractivity contribution in [3.63, 3.8) is 0 Å². The van der Waals surface area contributed by atoms with Gasteiger partial charge in [0.25, 0.3) is 11.8 Å². The number of anilines is 2. The van der Waals surface area contributed by atoms with Crippen molar-refractivity contribution in [3.8, 4) is 5.75 Å². The van der Waals surface area contributed by atoms with E-state index in [1.807, 2.05) is 39.0 Å². The molecule has 0 bridgehead atoms. The monoisotopic (exact) mass is 444 g/mol. The van der Waals surface area contributed by atoms with Crippen molar-refractivity contribution >= 4 is 28.8 Å². The lowest BCUT2D eigenvalue weighted by Gasteiger charge is -2.17. The second-order valence-electron chi connectivity index (χ2n) is 7.92. The van der Waals surface area contributed by atoms with Crippen LogP contribution in [-0.2, 0) is 9.59 Å². The average molecular weight is 445 g/mol. The summed E-state index contributed by atoms with van der Waals surface area (Å²) in [5.74, 6) is -0.799. The van der Waals surface area contributed by atoms with E-state index in [2.05, 4.69) is 5.32 Å². The molecule has 0 aromatic heterocycles. The van der Waals surface area contributed by atoms with E-state index in [0.717, 1.165) is 28.1 Å². The van der Waals surface area contributed by atoms with Gasteiger partial charge in [-0.25, -0.2) is 9.29 Å². The smallest absolute Gasteiger partial charge is 0.282 e. The largest absolute Gasteiger partial charge is 0.494 e. The molecule has 2 amide bonds. The molecule has 0 saturated heterocycles. The molecule has 1 heterocycles. The average Bonchev–Trinajstić information content (AvgIpc) is 3.05. The molecule has 0 atom stereocenters. The number of hydrogen-bond donors (Lipinski definition) is 1. The lowest BCUT2D eigenvalue weighted by atomic mass is 10.0. The summed E-state index contributed by atoms with van der Waals surface area (Å²) in [6, 6.07) is 18.2. The van der Waals surface area contributed by atoms with E-state index in [-0.39, 0.29) is 11.3 Å². The molecule has 3 aromatic rings. The molecule has 0 unspecified atom stereocenters. The molecule has 5 nitrogen and oxygen atoms in total. The number of carbonyl (C=O) groups is 2. The minimum atomic E-state index is -0.480. The number of ether oxygens (including phenoxy) is 1. The van der Waals surface area contributed by atoms with Crippen molar-refractivity contribution in [1.29, 1.82) is 0 Å². The third-order valence-electron chi connectivity index (χ3n) is 5.63. The SMILES string of the molecule is CCCOc1cccc(N2C(=O)C(Nc3cccc(C)c3C)=C(c3ccc(F)cc3)C2=O)c1. The zero-order valence-corrected chi connectivity index (χ0v) is 18.8. The molecule has 1 aliphatic rings. The standard InChI is InChI=1S/C27H25FN2O3/c1-4-15-33-22-9-6-8-21(16-22)30-26(31)24(19-11-13-20(28)14-12-19)25(27(30)32)29-23-10-5-7-17(2)18(23)3/h5-14,16,29H,4,15H2,1-3H3. The summed E-state index contributed by atoms with van der Waals surface area (Å²) in [5.41, 5.74) is 3.98. The van der Waals surface area contributed by atoms with Crippen molar-refractivity contribution in [2.24, 2.45) is 0 Å². The minimum Gasteiger partial charge on any atom is -0.494 e. The lowest BCUT2D eigenvalue weighted by Crippen LogP contribution is -2.32. The van der Waals surface area contributed by atoms with E-state index < -0.39 is 17.6 Å². The second-order valence-corrected chi connectivity index (χ2v) is 7.92. The van der Waals surface area contributed by atoms with Gasteiger partial charge in [0.1, 0.15) is 17.3 Å². The molecule has 0 saturated carbocycles. The zero-order chi connectivity index (χ0) is 23.5. The van der Waals surface area contributed by atoms with E-state index >= 15 is 0 Å². The van der Waals surface area contributed by atoms with Crippen LogP contribution < -0.4 is 15.0 Å². The Morgan fingerprint density at radius 2 is 1.67 bits per heavy atom. The highest BCUT2D eigenvalue weighted by Gasteiger charge is 2.40. The van der Waals surface area contributed by atoms with Gasteiger partial charge in [-0.05, 0) is 67.3 Å². The predicted molar refractivity (Wildman–Crippen MR) is 128 cm³/mol. The van der Waals surface area contributed by atoms with E-state index in [1.54, 1.807) is 24.3 Å². The molecule has 0 fully saturated rings. The van der Waals surface area contributed by atoms with Crippen molar-refractivity contribution < 1.29 is 18.7 Å². The molecule has 1 N–H and O–H groups in total. The van der Waals surface area contributed by atoms with E-state index in [0.29, 0.717) is 23.6 Å². The number of benzene rings is 3. The van der Waals surface area contributed by atoms with Crippen LogP contribution in [0, 0.1) is 19.7 Å². The Balaban J connectivity index is 1.79. The maximum Gasteiger partial charge on any atom is 0.282 e. The van der Waals surface area contributed by atoms with Gasteiger partial charge in [-0.1, -0.05) is 37.3 Å². The van der Waals surface area contributed by atoms with E-state index in [4.69, 9.17) is 4.74 Å². The van der Waals surface area contributed by atoms with Gasteiger partial charge in [-0.15, -0.1) is 0 Å². The molecule has 4 rings (SSSR count). The van der Waals surface area contributed by atoms with Crippen molar-refractivity contribution in [3.05, 3.63) is 94.9 Å². The number of amides is 2. The highest BCUT2D eigenvalue weighted by Crippen LogP contribution is 2.35. The number of carbonyl (C=O) groups excluding carboxylic acids is 2. The Morgan fingerprint density at radius 3 is 2.39 bits per heavy atom. The summed E-state index contributed by atoms with van der Waals surface area (Å²) >= 11 is 0. The maximum absolute atomic E-state index is 13.6. The van der Waals surface area contributed by atoms with Crippen LogP contribution in [0.25, 0.3) is 5.57 Å². The van der Waals surface area contributed by atoms with Crippen molar-refractivity contribution in [2.75, 3.05) is 16.8 Å². The van der Waals surface area contributed by atoms with Gasteiger partial charge in [0.15, 0.2) is 0 Å². The fraction of sp³-hybridized carbons (Fsp3) is 0.185. The summed E-state index contributed by atoms with van der Waals surface area (Å²) in [6.45, 7) is 6.46. The van der Waals surface area contributed by atoms with Crippen molar-refractivity contribution in [2.45, 2.75) is 27.2 Å². The first-order valence-corrected chi connectivity index (χ1v) is 10.9. The summed E-state index contributed by atoms with van der Waals surface area (Å²) < 4.78 is 19.3. The topological polar surface area (TPSA) is 58.6 Å². The molecule has 0 radical (unpaired) electrons. The van der Waals surface area contributed by atoms with Crippen LogP contribution in [0.4, 0.5) is 15.8 Å². The number of imide groups is 1. The quantitative estimate of drug-likeness (QED) is 0.480. The van der Waals surface area contributed by atoms with Gasteiger partial charge in [-0.2, -0.15) is 0 Å². The fourth-order valence-electron chi connectivity index (χ4n) is 3.72. The fourth-order valence-corrected chi connectivity index (χ4v) is 3.72. The first-order chi connectivity index (χ1) is 15.9. The number of nitrogens with zero attached hydrogens (tertiary/aromatic N) is 1. The molecule has 6 heteroatoms. The first-order valence-electron chi connectivity index (χ1n) is 10.9. The normalized spacial score (nSPS) is 13.6. The van der Waals surface area contributed by atoms with E-state index in [9.17, 15) is 14.0 Å². The van der Waals surface area contributed by atoms with Gasteiger partial charge >= 0.3 is 0 Å². The Kier molecular flexibility index (Phi) is 6.27. The number of halogens is 1. The third-order valence-corrected chi connectivity index (χ3v) is 5.63. The summed E-state index contributed by atoms with van der Waals surface area (Å²) in [5, 5.41) is 3.18.